The van der Waals surface area contributed by atoms with Gasteiger partial charge in [0.05, 0.1) is 0 Å². The van der Waals surface area contributed by atoms with Crippen molar-refractivity contribution in [3.8, 4) is 0 Å². The highest BCUT2D eigenvalue weighted by Gasteiger charge is 2.10. The van der Waals surface area contributed by atoms with Gasteiger partial charge in [0.15, 0.2) is 0 Å². The molecule has 0 spiro atoms. The summed E-state index contributed by atoms with van der Waals surface area (Å²) in [5.74, 6) is -0.107. The maximum absolute atomic E-state index is 13.5. The number of benzene rings is 1. The van der Waals surface area contributed by atoms with E-state index in [1.54, 1.807) is 13.0 Å². The van der Waals surface area contributed by atoms with Gasteiger partial charge in [0.1, 0.15) is 5.82 Å². The molecule has 1 unspecified atom stereocenters. The minimum atomic E-state index is -0.107. The second kappa shape index (κ2) is 7.75. The molecule has 2 nitrogen and oxygen atoms in total. The summed E-state index contributed by atoms with van der Waals surface area (Å²) in [6.07, 6.45) is 5.27. The summed E-state index contributed by atoms with van der Waals surface area (Å²) in [5.41, 5.74) is 1.75. The molecule has 0 aromatic heterocycles. The van der Waals surface area contributed by atoms with Crippen LogP contribution in [-0.2, 0) is 0 Å². The van der Waals surface area contributed by atoms with Gasteiger partial charge in [-0.1, -0.05) is 18.6 Å². The summed E-state index contributed by atoms with van der Waals surface area (Å²) < 4.78 is 13.5. The summed E-state index contributed by atoms with van der Waals surface area (Å²) in [6.45, 7) is 8.60. The summed E-state index contributed by atoms with van der Waals surface area (Å²) in [5, 5.41) is 3.49. The van der Waals surface area contributed by atoms with Crippen molar-refractivity contribution in [3.05, 3.63) is 35.1 Å². The number of halogens is 1. The van der Waals surface area contributed by atoms with E-state index in [0.717, 1.165) is 12.1 Å². The highest BCUT2D eigenvalue weighted by atomic mass is 19.1. The molecule has 112 valence electrons. The molecule has 0 saturated carbocycles. The standard InChI is InChI=1S/C17H27FN2/c1-14-7-8-16(13-17(14)18)15(2)19-9-6-12-20-10-4-3-5-11-20/h7-8,13,15,19H,3-6,9-12H2,1-2H3. The number of aryl methyl sites for hydroxylation is 1. The summed E-state index contributed by atoms with van der Waals surface area (Å²) >= 11 is 0. The molecule has 0 amide bonds. The molecule has 1 aromatic carbocycles. The Morgan fingerprint density at radius 2 is 2.00 bits per heavy atom. The zero-order valence-corrected chi connectivity index (χ0v) is 12.8. The summed E-state index contributed by atoms with van der Waals surface area (Å²) in [6, 6.07) is 5.74. The SMILES string of the molecule is Cc1ccc(C(C)NCCCN2CCCCC2)cc1F. The largest absolute Gasteiger partial charge is 0.310 e. The molecular formula is C17H27FN2. The molecular weight excluding hydrogens is 251 g/mol. The van der Waals surface area contributed by atoms with Crippen LogP contribution in [0.3, 0.4) is 0 Å². The lowest BCUT2D eigenvalue weighted by atomic mass is 10.1. The number of rotatable bonds is 6. The fourth-order valence-electron chi connectivity index (χ4n) is 2.80. The molecule has 1 heterocycles. The molecule has 0 aliphatic carbocycles. The lowest BCUT2D eigenvalue weighted by Gasteiger charge is -2.26. The molecule has 2 rings (SSSR count). The Morgan fingerprint density at radius 3 is 2.70 bits per heavy atom. The van der Waals surface area contributed by atoms with Crippen LogP contribution in [0.25, 0.3) is 0 Å². The van der Waals surface area contributed by atoms with E-state index in [9.17, 15) is 4.39 Å². The Balaban J connectivity index is 1.69. The smallest absolute Gasteiger partial charge is 0.126 e. The Bertz CT molecular complexity index is 413. The van der Waals surface area contributed by atoms with Gasteiger partial charge < -0.3 is 10.2 Å². The third-order valence-corrected chi connectivity index (χ3v) is 4.25. The molecule has 1 N–H and O–H groups in total. The first-order valence-electron chi connectivity index (χ1n) is 7.88. The van der Waals surface area contributed by atoms with Gasteiger partial charge in [0, 0.05) is 6.04 Å². The lowest BCUT2D eigenvalue weighted by molar-refractivity contribution is 0.225. The number of nitrogens with zero attached hydrogens (tertiary/aromatic N) is 1. The van der Waals surface area contributed by atoms with Crippen LogP contribution in [0.1, 0.15) is 49.8 Å². The van der Waals surface area contributed by atoms with Crippen LogP contribution in [0, 0.1) is 12.7 Å². The van der Waals surface area contributed by atoms with Crippen LogP contribution < -0.4 is 5.32 Å². The predicted octanol–water partition coefficient (Wildman–Crippen LogP) is 3.66. The second-order valence-electron chi connectivity index (χ2n) is 5.94. The van der Waals surface area contributed by atoms with Gasteiger partial charge in [-0.2, -0.15) is 0 Å². The molecule has 1 aliphatic rings. The van der Waals surface area contributed by atoms with E-state index in [-0.39, 0.29) is 11.9 Å². The van der Waals surface area contributed by atoms with Crippen LogP contribution >= 0.6 is 0 Å². The minimum Gasteiger partial charge on any atom is -0.310 e. The van der Waals surface area contributed by atoms with E-state index < -0.39 is 0 Å². The van der Waals surface area contributed by atoms with E-state index in [0.29, 0.717) is 5.56 Å². The average molecular weight is 278 g/mol. The fourth-order valence-corrected chi connectivity index (χ4v) is 2.80. The zero-order valence-electron chi connectivity index (χ0n) is 12.8. The van der Waals surface area contributed by atoms with Crippen molar-refractivity contribution >= 4 is 0 Å². The average Bonchev–Trinajstić information content (AvgIpc) is 2.47. The molecule has 1 saturated heterocycles. The third kappa shape index (κ3) is 4.57. The topological polar surface area (TPSA) is 15.3 Å². The van der Waals surface area contributed by atoms with Gasteiger partial charge in [-0.15, -0.1) is 0 Å². The maximum atomic E-state index is 13.5. The van der Waals surface area contributed by atoms with Crippen molar-refractivity contribution < 1.29 is 4.39 Å². The van der Waals surface area contributed by atoms with Crippen molar-refractivity contribution in [2.45, 2.75) is 45.6 Å². The van der Waals surface area contributed by atoms with E-state index >= 15 is 0 Å². The van der Waals surface area contributed by atoms with Crippen LogP contribution in [0.5, 0.6) is 0 Å². The number of likely N-dealkylation sites (tertiary alicyclic amines) is 1. The van der Waals surface area contributed by atoms with E-state index in [4.69, 9.17) is 0 Å². The van der Waals surface area contributed by atoms with Gasteiger partial charge in [0.25, 0.3) is 0 Å². The maximum Gasteiger partial charge on any atom is 0.126 e. The van der Waals surface area contributed by atoms with Crippen molar-refractivity contribution in [3.63, 3.8) is 0 Å². The van der Waals surface area contributed by atoms with Crippen molar-refractivity contribution in [1.82, 2.24) is 10.2 Å². The van der Waals surface area contributed by atoms with Crippen molar-refractivity contribution in [2.24, 2.45) is 0 Å². The molecule has 3 heteroatoms. The zero-order chi connectivity index (χ0) is 14.4. The van der Waals surface area contributed by atoms with E-state index in [1.165, 1.54) is 45.3 Å². The molecule has 1 fully saturated rings. The van der Waals surface area contributed by atoms with E-state index in [1.807, 2.05) is 12.1 Å². The van der Waals surface area contributed by atoms with Crippen molar-refractivity contribution in [1.29, 1.82) is 0 Å². The van der Waals surface area contributed by atoms with E-state index in [2.05, 4.69) is 17.1 Å². The molecule has 20 heavy (non-hydrogen) atoms. The molecule has 1 aliphatic heterocycles. The first kappa shape index (κ1) is 15.5. The van der Waals surface area contributed by atoms with Gasteiger partial charge >= 0.3 is 0 Å². The Hall–Kier alpha value is -0.930. The van der Waals surface area contributed by atoms with Crippen LogP contribution in [0.4, 0.5) is 4.39 Å². The minimum absolute atomic E-state index is 0.107. The number of hydrogen-bond acceptors (Lipinski definition) is 2. The molecule has 0 bridgehead atoms. The molecule has 0 radical (unpaired) electrons. The third-order valence-electron chi connectivity index (χ3n) is 4.25. The first-order chi connectivity index (χ1) is 9.66. The van der Waals surface area contributed by atoms with Crippen molar-refractivity contribution in [2.75, 3.05) is 26.2 Å². The summed E-state index contributed by atoms with van der Waals surface area (Å²) in [7, 11) is 0. The van der Waals surface area contributed by atoms with Crippen LogP contribution in [-0.4, -0.2) is 31.1 Å². The Morgan fingerprint density at radius 1 is 1.25 bits per heavy atom. The molecule has 1 aromatic rings. The quantitative estimate of drug-likeness (QED) is 0.799. The van der Waals surface area contributed by atoms with Crippen LogP contribution in [0.15, 0.2) is 18.2 Å². The predicted molar refractivity (Wildman–Crippen MR) is 82.5 cm³/mol. The number of nitrogens with one attached hydrogen (secondary N) is 1. The first-order valence-corrected chi connectivity index (χ1v) is 7.88. The van der Waals surface area contributed by atoms with Gasteiger partial charge in [-0.25, -0.2) is 4.39 Å². The van der Waals surface area contributed by atoms with Crippen LogP contribution in [0.2, 0.25) is 0 Å². The van der Waals surface area contributed by atoms with Gasteiger partial charge in [-0.3, -0.25) is 0 Å². The monoisotopic (exact) mass is 278 g/mol. The van der Waals surface area contributed by atoms with Gasteiger partial charge in [0.2, 0.25) is 0 Å². The van der Waals surface area contributed by atoms with Gasteiger partial charge in [-0.05, 0) is 76.5 Å². The Labute approximate surface area is 122 Å². The highest BCUT2D eigenvalue weighted by Crippen LogP contribution is 2.16. The lowest BCUT2D eigenvalue weighted by Crippen LogP contribution is -2.32. The molecule has 1 atom stereocenters. The highest BCUT2D eigenvalue weighted by molar-refractivity contribution is 5.25. The second-order valence-corrected chi connectivity index (χ2v) is 5.94. The summed E-state index contributed by atoms with van der Waals surface area (Å²) in [4.78, 5) is 2.56. The number of hydrogen-bond donors (Lipinski definition) is 1. The normalized spacial score (nSPS) is 18.1. The fraction of sp³-hybridized carbons (Fsp3) is 0.647. The number of piperidine rings is 1. The Kier molecular flexibility index (Phi) is 5.99.